The van der Waals surface area contributed by atoms with Crippen LogP contribution in [0.1, 0.15) is 45.0 Å². The molecule has 2 fully saturated rings. The fourth-order valence-electron chi connectivity index (χ4n) is 3.38. The van der Waals surface area contributed by atoms with E-state index in [1.165, 1.54) is 12.8 Å². The van der Waals surface area contributed by atoms with E-state index in [0.29, 0.717) is 13.0 Å². The topological polar surface area (TPSA) is 47.4 Å². The fraction of sp³-hybridized carbons (Fsp3) is 0.667. The third-order valence-corrected chi connectivity index (χ3v) is 4.74. The summed E-state index contributed by atoms with van der Waals surface area (Å²) in [7, 11) is 0. The second kappa shape index (κ2) is 6.37. The first-order valence-corrected chi connectivity index (χ1v) is 8.34. The van der Waals surface area contributed by atoms with Gasteiger partial charge in [0.2, 0.25) is 5.91 Å². The fourth-order valence-corrected chi connectivity index (χ4v) is 3.38. The van der Waals surface area contributed by atoms with Gasteiger partial charge in [0.05, 0.1) is 19.1 Å². The number of amides is 1. The maximum absolute atomic E-state index is 12.5. The lowest BCUT2D eigenvalue weighted by Gasteiger charge is -2.53. The number of aromatic nitrogens is 2. The SMILES string of the molecule is C#CCOCCC(=O)N1CC(C)(C)C1c1nccn1CC1CC1. The molecular weight excluding hydrogens is 290 g/mol. The van der Waals surface area contributed by atoms with Gasteiger partial charge < -0.3 is 14.2 Å². The maximum Gasteiger partial charge on any atom is 0.225 e. The summed E-state index contributed by atoms with van der Waals surface area (Å²) in [5.74, 6) is 4.34. The van der Waals surface area contributed by atoms with E-state index in [2.05, 4.69) is 29.3 Å². The van der Waals surface area contributed by atoms with Gasteiger partial charge in [0.15, 0.2) is 0 Å². The molecular formula is C18H25N3O2. The van der Waals surface area contributed by atoms with Crippen LogP contribution in [0.15, 0.2) is 12.4 Å². The van der Waals surface area contributed by atoms with Crippen LogP contribution in [0.5, 0.6) is 0 Å². The maximum atomic E-state index is 12.5. The minimum atomic E-state index is 0.0522. The smallest absolute Gasteiger partial charge is 0.225 e. The highest BCUT2D eigenvalue weighted by atomic mass is 16.5. The summed E-state index contributed by atoms with van der Waals surface area (Å²) < 4.78 is 7.46. The molecule has 124 valence electrons. The number of rotatable bonds is 7. The molecule has 3 rings (SSSR count). The average Bonchev–Trinajstić information content (AvgIpc) is 3.21. The van der Waals surface area contributed by atoms with Crippen LogP contribution in [0.25, 0.3) is 0 Å². The van der Waals surface area contributed by atoms with Gasteiger partial charge in [-0.15, -0.1) is 6.42 Å². The molecule has 0 aromatic carbocycles. The molecule has 0 spiro atoms. The summed E-state index contributed by atoms with van der Waals surface area (Å²) in [5, 5.41) is 0. The van der Waals surface area contributed by atoms with Crippen LogP contribution in [-0.2, 0) is 16.1 Å². The number of carbonyl (C=O) groups excluding carboxylic acids is 1. The van der Waals surface area contributed by atoms with Crippen LogP contribution < -0.4 is 0 Å². The zero-order valence-electron chi connectivity index (χ0n) is 14.0. The van der Waals surface area contributed by atoms with Crippen LogP contribution in [-0.4, -0.2) is 40.1 Å². The van der Waals surface area contributed by atoms with Crippen LogP contribution >= 0.6 is 0 Å². The van der Waals surface area contributed by atoms with Gasteiger partial charge in [0, 0.05) is 30.9 Å². The standard InChI is InChI=1S/C18H25N3O2/c1-4-10-23-11-7-15(22)21-13-18(2,3)16(21)17-19-8-9-20(17)12-14-5-6-14/h1,8-9,14,16H,5-7,10-13H2,2-3H3. The molecule has 0 N–H and O–H groups in total. The lowest BCUT2D eigenvalue weighted by Crippen LogP contribution is -2.58. The molecule has 1 saturated heterocycles. The van der Waals surface area contributed by atoms with Crippen molar-refractivity contribution in [2.45, 2.75) is 45.7 Å². The summed E-state index contributed by atoms with van der Waals surface area (Å²) in [4.78, 5) is 19.0. The Hall–Kier alpha value is -1.80. The van der Waals surface area contributed by atoms with Crippen molar-refractivity contribution in [3.63, 3.8) is 0 Å². The second-order valence-corrected chi connectivity index (χ2v) is 7.30. The van der Waals surface area contributed by atoms with E-state index in [-0.39, 0.29) is 24.0 Å². The van der Waals surface area contributed by atoms with Crippen molar-refractivity contribution < 1.29 is 9.53 Å². The number of hydrogen-bond donors (Lipinski definition) is 0. The molecule has 1 atom stereocenters. The number of ether oxygens (including phenoxy) is 1. The van der Waals surface area contributed by atoms with Crippen molar-refractivity contribution in [1.82, 2.24) is 14.5 Å². The van der Waals surface area contributed by atoms with Crippen LogP contribution in [0.2, 0.25) is 0 Å². The molecule has 1 unspecified atom stereocenters. The van der Waals surface area contributed by atoms with Crippen molar-refractivity contribution in [1.29, 1.82) is 0 Å². The number of hydrogen-bond acceptors (Lipinski definition) is 3. The Bertz CT molecular complexity index is 610. The van der Waals surface area contributed by atoms with E-state index in [0.717, 1.165) is 24.8 Å². The predicted octanol–water partition coefficient (Wildman–Crippen LogP) is 2.24. The van der Waals surface area contributed by atoms with Crippen LogP contribution in [0.4, 0.5) is 0 Å². The monoisotopic (exact) mass is 315 g/mol. The van der Waals surface area contributed by atoms with Gasteiger partial charge in [0.25, 0.3) is 0 Å². The molecule has 1 aliphatic heterocycles. The van der Waals surface area contributed by atoms with E-state index in [9.17, 15) is 4.79 Å². The highest BCUT2D eigenvalue weighted by Crippen LogP contribution is 2.48. The number of likely N-dealkylation sites (tertiary alicyclic amines) is 1. The summed E-state index contributed by atoms with van der Waals surface area (Å²) in [5.41, 5.74) is 0.0575. The van der Waals surface area contributed by atoms with Crippen molar-refractivity contribution in [3.05, 3.63) is 18.2 Å². The van der Waals surface area contributed by atoms with Gasteiger partial charge in [-0.25, -0.2) is 4.98 Å². The Morgan fingerprint density at radius 2 is 2.30 bits per heavy atom. The lowest BCUT2D eigenvalue weighted by molar-refractivity contribution is -0.154. The summed E-state index contributed by atoms with van der Waals surface area (Å²) >= 11 is 0. The Morgan fingerprint density at radius 1 is 1.52 bits per heavy atom. The van der Waals surface area contributed by atoms with E-state index in [1.54, 1.807) is 0 Å². The quantitative estimate of drug-likeness (QED) is 0.573. The first kappa shape index (κ1) is 16.1. The summed E-state index contributed by atoms with van der Waals surface area (Å²) in [6.07, 6.45) is 12.0. The van der Waals surface area contributed by atoms with E-state index >= 15 is 0 Å². The summed E-state index contributed by atoms with van der Waals surface area (Å²) in [6, 6.07) is 0.0522. The first-order chi connectivity index (χ1) is 11.0. The highest BCUT2D eigenvalue weighted by molar-refractivity contribution is 5.78. The third kappa shape index (κ3) is 3.42. The van der Waals surface area contributed by atoms with Crippen molar-refractivity contribution in [3.8, 4) is 12.3 Å². The number of imidazole rings is 1. The molecule has 0 radical (unpaired) electrons. The number of carbonyl (C=O) groups is 1. The lowest BCUT2D eigenvalue weighted by atomic mass is 9.74. The van der Waals surface area contributed by atoms with Gasteiger partial charge >= 0.3 is 0 Å². The molecule has 23 heavy (non-hydrogen) atoms. The van der Waals surface area contributed by atoms with Gasteiger partial charge in [-0.1, -0.05) is 19.8 Å². The molecule has 1 saturated carbocycles. The highest BCUT2D eigenvalue weighted by Gasteiger charge is 2.50. The Balaban J connectivity index is 1.67. The van der Waals surface area contributed by atoms with Crippen molar-refractivity contribution in [2.75, 3.05) is 19.8 Å². The minimum absolute atomic E-state index is 0.0522. The molecule has 0 bridgehead atoms. The van der Waals surface area contributed by atoms with Crippen LogP contribution in [0.3, 0.4) is 0 Å². The van der Waals surface area contributed by atoms with Gasteiger partial charge in [-0.2, -0.15) is 0 Å². The summed E-state index contributed by atoms with van der Waals surface area (Å²) in [6.45, 7) is 6.83. The van der Waals surface area contributed by atoms with E-state index in [4.69, 9.17) is 11.2 Å². The normalized spacial score (nSPS) is 22.5. The molecule has 5 heteroatoms. The number of terminal acetylenes is 1. The minimum Gasteiger partial charge on any atom is -0.368 e. The zero-order chi connectivity index (χ0) is 16.4. The van der Waals surface area contributed by atoms with Crippen molar-refractivity contribution in [2.24, 2.45) is 11.3 Å². The van der Waals surface area contributed by atoms with Gasteiger partial charge in [-0.05, 0) is 18.8 Å². The van der Waals surface area contributed by atoms with Gasteiger partial charge in [0.1, 0.15) is 12.4 Å². The molecule has 5 nitrogen and oxygen atoms in total. The predicted molar refractivity (Wildman–Crippen MR) is 87.5 cm³/mol. The molecule has 1 aromatic heterocycles. The Kier molecular flexibility index (Phi) is 4.45. The van der Waals surface area contributed by atoms with Gasteiger partial charge in [-0.3, -0.25) is 4.79 Å². The molecule has 2 aliphatic rings. The van der Waals surface area contributed by atoms with Crippen molar-refractivity contribution >= 4 is 5.91 Å². The van der Waals surface area contributed by atoms with E-state index < -0.39 is 0 Å². The molecule has 1 aliphatic carbocycles. The Morgan fingerprint density at radius 3 is 2.96 bits per heavy atom. The largest absolute Gasteiger partial charge is 0.368 e. The number of nitrogens with zero attached hydrogens (tertiary/aromatic N) is 3. The zero-order valence-corrected chi connectivity index (χ0v) is 14.0. The average molecular weight is 315 g/mol. The van der Waals surface area contributed by atoms with E-state index in [1.807, 2.05) is 17.3 Å². The first-order valence-electron chi connectivity index (χ1n) is 8.34. The Labute approximate surface area is 138 Å². The second-order valence-electron chi connectivity index (χ2n) is 7.30. The molecule has 2 heterocycles. The van der Waals surface area contributed by atoms with Crippen LogP contribution in [0, 0.1) is 23.7 Å². The molecule has 1 amide bonds. The third-order valence-electron chi connectivity index (χ3n) is 4.74. The molecule has 1 aromatic rings.